The van der Waals surface area contributed by atoms with E-state index in [1.165, 1.54) is 0 Å². The molecule has 1 atom stereocenters. The van der Waals surface area contributed by atoms with E-state index in [0.717, 1.165) is 48.9 Å². The molecule has 5 nitrogen and oxygen atoms in total. The van der Waals surface area contributed by atoms with Crippen molar-refractivity contribution >= 4 is 16.9 Å². The van der Waals surface area contributed by atoms with Crippen LogP contribution < -0.4 is 10.6 Å². The summed E-state index contributed by atoms with van der Waals surface area (Å²) in [6.45, 7) is 2.71. The van der Waals surface area contributed by atoms with E-state index in [9.17, 15) is 4.79 Å². The number of rotatable bonds is 3. The van der Waals surface area contributed by atoms with Crippen molar-refractivity contribution in [2.45, 2.75) is 25.8 Å². The molecule has 2 aliphatic rings. The van der Waals surface area contributed by atoms with E-state index in [1.807, 2.05) is 12.1 Å². The first kappa shape index (κ1) is 12.8. The number of hydrogen-bond donors (Lipinski definition) is 3. The van der Waals surface area contributed by atoms with Gasteiger partial charge in [-0.3, -0.25) is 4.79 Å². The third-order valence-corrected chi connectivity index (χ3v) is 5.06. The van der Waals surface area contributed by atoms with Crippen LogP contribution in [0.3, 0.4) is 0 Å². The summed E-state index contributed by atoms with van der Waals surface area (Å²) < 4.78 is 0. The maximum absolute atomic E-state index is 12.3. The lowest BCUT2D eigenvalue weighted by molar-refractivity contribution is -0.123. The van der Waals surface area contributed by atoms with Gasteiger partial charge in [0.2, 0.25) is 5.91 Å². The molecule has 1 aromatic carbocycles. The predicted octanol–water partition coefficient (Wildman–Crippen LogP) is 1.57. The Kier molecular flexibility index (Phi) is 2.96. The highest BCUT2D eigenvalue weighted by molar-refractivity contribution is 5.82. The van der Waals surface area contributed by atoms with Crippen LogP contribution in [-0.4, -0.2) is 29.0 Å². The normalized spacial score (nSPS) is 23.3. The van der Waals surface area contributed by atoms with Crippen LogP contribution in [0.5, 0.6) is 0 Å². The summed E-state index contributed by atoms with van der Waals surface area (Å²) in [5.41, 5.74) is 3.40. The Hall–Kier alpha value is -1.88. The molecule has 4 rings (SSSR count). The van der Waals surface area contributed by atoms with Gasteiger partial charge in [-0.25, -0.2) is 4.98 Å². The standard InChI is InChI=1S/C16H20N4O/c21-15(12-8-16(12)3-5-17-6-4-16)18-9-11-1-2-13-14(7-11)20-10-19-13/h1-2,7,10,12,17H,3-6,8-9H2,(H,18,21)(H,19,20)/t12-/m0/s1. The third kappa shape index (κ3) is 2.31. The summed E-state index contributed by atoms with van der Waals surface area (Å²) in [6, 6.07) is 6.06. The Balaban J connectivity index is 1.37. The number of nitrogens with zero attached hydrogens (tertiary/aromatic N) is 1. The van der Waals surface area contributed by atoms with Crippen molar-refractivity contribution in [3.05, 3.63) is 30.1 Å². The lowest BCUT2D eigenvalue weighted by atomic mass is 9.92. The van der Waals surface area contributed by atoms with Gasteiger partial charge in [0.15, 0.2) is 0 Å². The lowest BCUT2D eigenvalue weighted by Gasteiger charge is -2.23. The van der Waals surface area contributed by atoms with Crippen molar-refractivity contribution in [1.82, 2.24) is 20.6 Å². The fraction of sp³-hybridized carbons (Fsp3) is 0.500. The molecular formula is C16H20N4O. The molecule has 2 heterocycles. The molecule has 1 aliphatic heterocycles. The van der Waals surface area contributed by atoms with Crippen LogP contribution in [0.4, 0.5) is 0 Å². The Morgan fingerprint density at radius 3 is 3.10 bits per heavy atom. The topological polar surface area (TPSA) is 69.8 Å². The van der Waals surface area contributed by atoms with Crippen molar-refractivity contribution < 1.29 is 4.79 Å². The maximum atomic E-state index is 12.3. The highest BCUT2D eigenvalue weighted by atomic mass is 16.2. The molecule has 3 N–H and O–H groups in total. The monoisotopic (exact) mass is 284 g/mol. The van der Waals surface area contributed by atoms with Gasteiger partial charge in [-0.1, -0.05) is 6.07 Å². The molecule has 2 aromatic rings. The minimum absolute atomic E-state index is 0.224. The Morgan fingerprint density at radius 1 is 1.38 bits per heavy atom. The molecule has 0 unspecified atom stereocenters. The molecule has 1 aromatic heterocycles. The summed E-state index contributed by atoms with van der Waals surface area (Å²) in [7, 11) is 0. The van der Waals surface area contributed by atoms with E-state index in [2.05, 4.69) is 26.7 Å². The first-order valence-corrected chi connectivity index (χ1v) is 7.67. The number of nitrogens with one attached hydrogen (secondary N) is 3. The average molecular weight is 284 g/mol. The molecule has 1 saturated carbocycles. The average Bonchev–Trinajstić information content (AvgIpc) is 2.99. The van der Waals surface area contributed by atoms with Crippen LogP contribution in [0.1, 0.15) is 24.8 Å². The summed E-state index contributed by atoms with van der Waals surface area (Å²) in [5.74, 6) is 0.456. The number of imidazole rings is 1. The third-order valence-electron chi connectivity index (χ3n) is 5.06. The zero-order valence-corrected chi connectivity index (χ0v) is 12.0. The fourth-order valence-electron chi connectivity index (χ4n) is 3.60. The van der Waals surface area contributed by atoms with E-state index >= 15 is 0 Å². The van der Waals surface area contributed by atoms with Gasteiger partial charge in [0, 0.05) is 12.5 Å². The number of fused-ring (bicyclic) bond motifs is 1. The Morgan fingerprint density at radius 2 is 2.24 bits per heavy atom. The molecule has 110 valence electrons. The van der Waals surface area contributed by atoms with Crippen LogP contribution in [-0.2, 0) is 11.3 Å². The number of piperidine rings is 1. The number of carbonyl (C=O) groups excluding carboxylic acids is 1. The molecule has 1 amide bonds. The van der Waals surface area contributed by atoms with Crippen LogP contribution >= 0.6 is 0 Å². The van der Waals surface area contributed by atoms with Gasteiger partial charge in [0.1, 0.15) is 0 Å². The SMILES string of the molecule is O=C(NCc1ccc2nc[nH]c2c1)[C@@H]1CC12CCNCC2. The van der Waals surface area contributed by atoms with Gasteiger partial charge < -0.3 is 15.6 Å². The van der Waals surface area contributed by atoms with Crippen molar-refractivity contribution in [2.24, 2.45) is 11.3 Å². The lowest BCUT2D eigenvalue weighted by Crippen LogP contribution is -2.33. The van der Waals surface area contributed by atoms with Crippen LogP contribution in [0.2, 0.25) is 0 Å². The van der Waals surface area contributed by atoms with Crippen molar-refractivity contribution in [2.75, 3.05) is 13.1 Å². The highest BCUT2D eigenvalue weighted by Crippen LogP contribution is 2.58. The number of carbonyl (C=O) groups is 1. The zero-order valence-electron chi connectivity index (χ0n) is 12.0. The van der Waals surface area contributed by atoms with Gasteiger partial charge in [0.05, 0.1) is 17.4 Å². The molecular weight excluding hydrogens is 264 g/mol. The first-order valence-electron chi connectivity index (χ1n) is 7.67. The van der Waals surface area contributed by atoms with E-state index in [-0.39, 0.29) is 11.8 Å². The van der Waals surface area contributed by atoms with Gasteiger partial charge in [0.25, 0.3) is 0 Å². The van der Waals surface area contributed by atoms with Crippen molar-refractivity contribution in [1.29, 1.82) is 0 Å². The van der Waals surface area contributed by atoms with E-state index in [0.29, 0.717) is 12.0 Å². The Labute approximate surface area is 123 Å². The number of hydrogen-bond acceptors (Lipinski definition) is 3. The quantitative estimate of drug-likeness (QED) is 0.801. The summed E-state index contributed by atoms with van der Waals surface area (Å²) in [4.78, 5) is 19.6. The van der Waals surface area contributed by atoms with Crippen LogP contribution in [0.15, 0.2) is 24.5 Å². The van der Waals surface area contributed by atoms with Crippen molar-refractivity contribution in [3.63, 3.8) is 0 Å². The smallest absolute Gasteiger partial charge is 0.223 e. The number of aromatic amines is 1. The molecule has 0 bridgehead atoms. The molecule has 21 heavy (non-hydrogen) atoms. The number of amides is 1. The van der Waals surface area contributed by atoms with E-state index in [1.54, 1.807) is 6.33 Å². The molecule has 1 saturated heterocycles. The van der Waals surface area contributed by atoms with Gasteiger partial charge in [-0.15, -0.1) is 0 Å². The van der Waals surface area contributed by atoms with Gasteiger partial charge >= 0.3 is 0 Å². The molecule has 2 fully saturated rings. The Bertz CT molecular complexity index is 672. The largest absolute Gasteiger partial charge is 0.352 e. The molecule has 1 aliphatic carbocycles. The zero-order chi connectivity index (χ0) is 14.3. The molecule has 1 spiro atoms. The van der Waals surface area contributed by atoms with Gasteiger partial charge in [-0.2, -0.15) is 0 Å². The first-order chi connectivity index (χ1) is 10.3. The summed E-state index contributed by atoms with van der Waals surface area (Å²) in [6.07, 6.45) is 5.05. The second-order valence-electron chi connectivity index (χ2n) is 6.34. The van der Waals surface area contributed by atoms with Crippen LogP contribution in [0.25, 0.3) is 11.0 Å². The predicted molar refractivity (Wildman–Crippen MR) is 80.6 cm³/mol. The second kappa shape index (κ2) is 4.84. The number of aromatic nitrogens is 2. The van der Waals surface area contributed by atoms with E-state index in [4.69, 9.17) is 0 Å². The second-order valence-corrected chi connectivity index (χ2v) is 6.34. The fourth-order valence-corrected chi connectivity index (χ4v) is 3.60. The summed E-state index contributed by atoms with van der Waals surface area (Å²) in [5, 5.41) is 6.47. The highest BCUT2D eigenvalue weighted by Gasteiger charge is 2.57. The van der Waals surface area contributed by atoms with E-state index < -0.39 is 0 Å². The minimum Gasteiger partial charge on any atom is -0.352 e. The molecule has 5 heteroatoms. The maximum Gasteiger partial charge on any atom is 0.223 e. The number of H-pyrrole nitrogens is 1. The molecule has 0 radical (unpaired) electrons. The summed E-state index contributed by atoms with van der Waals surface area (Å²) >= 11 is 0. The van der Waals surface area contributed by atoms with Crippen molar-refractivity contribution in [3.8, 4) is 0 Å². The van der Waals surface area contributed by atoms with Crippen LogP contribution in [0, 0.1) is 11.3 Å². The minimum atomic E-state index is 0.224. The van der Waals surface area contributed by atoms with Gasteiger partial charge in [-0.05, 0) is 55.5 Å². The number of benzene rings is 1.